The predicted octanol–water partition coefficient (Wildman–Crippen LogP) is 4.38. The molecule has 1 fully saturated rings. The Kier molecular flexibility index (Phi) is 15.4. The van der Waals surface area contributed by atoms with Crippen LogP contribution in [0.1, 0.15) is 79.6 Å². The van der Waals surface area contributed by atoms with Gasteiger partial charge in [-0.3, -0.25) is 4.79 Å². The molecule has 3 N–H and O–H groups in total. The van der Waals surface area contributed by atoms with Gasteiger partial charge in [-0.2, -0.15) is 0 Å². The molecule has 0 bridgehead atoms. The van der Waals surface area contributed by atoms with Crippen molar-refractivity contribution in [3.63, 3.8) is 0 Å². The fourth-order valence-corrected chi connectivity index (χ4v) is 2.30. The molecule has 20 heavy (non-hydrogen) atoms. The molecule has 0 saturated heterocycles. The predicted molar refractivity (Wildman–Crippen MR) is 89.4 cm³/mol. The zero-order chi connectivity index (χ0) is 16.0. The van der Waals surface area contributed by atoms with E-state index >= 15 is 0 Å². The number of carbonyl (C=O) groups excluding carboxylic acids is 1. The molecule has 1 unspecified atom stereocenters. The van der Waals surface area contributed by atoms with Crippen molar-refractivity contribution in [1.82, 2.24) is 5.32 Å². The summed E-state index contributed by atoms with van der Waals surface area (Å²) in [5.74, 6) is 0.395. The summed E-state index contributed by atoms with van der Waals surface area (Å²) in [7, 11) is 0. The highest BCUT2D eigenvalue weighted by atomic mass is 16.1. The van der Waals surface area contributed by atoms with Crippen LogP contribution >= 0.6 is 0 Å². The maximum absolute atomic E-state index is 11.2. The number of carbonyl (C=O) groups is 1. The smallest absolute Gasteiger partial charge is 0.239 e. The Labute approximate surface area is 126 Å². The second-order valence-electron chi connectivity index (χ2n) is 5.33. The van der Waals surface area contributed by atoms with Crippen LogP contribution in [0.15, 0.2) is 12.3 Å². The van der Waals surface area contributed by atoms with Crippen LogP contribution in [0.3, 0.4) is 0 Å². The van der Waals surface area contributed by atoms with E-state index in [1.54, 1.807) is 0 Å². The monoisotopic (exact) mass is 284 g/mol. The fourth-order valence-electron chi connectivity index (χ4n) is 2.30. The van der Waals surface area contributed by atoms with Crippen molar-refractivity contribution in [2.45, 2.75) is 85.6 Å². The Hall–Kier alpha value is -0.990. The number of nitrogens with two attached hydrogens (primary N) is 1. The van der Waals surface area contributed by atoms with Crippen LogP contribution in [-0.4, -0.2) is 11.9 Å². The van der Waals surface area contributed by atoms with E-state index in [1.165, 1.54) is 38.5 Å². The minimum Gasteiger partial charge on any atom is -0.378 e. The average Bonchev–Trinajstić information content (AvgIpc) is 2.42. The molecule has 1 rings (SSSR count). The van der Waals surface area contributed by atoms with Crippen LogP contribution in [0.2, 0.25) is 0 Å². The van der Waals surface area contributed by atoms with Gasteiger partial charge in [0.15, 0.2) is 0 Å². The minimum absolute atomic E-state index is 0.231. The second kappa shape index (κ2) is 14.4. The van der Waals surface area contributed by atoms with E-state index < -0.39 is 0 Å². The van der Waals surface area contributed by atoms with Crippen molar-refractivity contribution in [2.75, 3.05) is 0 Å². The molecule has 1 atom stereocenters. The van der Waals surface area contributed by atoms with Crippen LogP contribution in [0, 0.1) is 5.92 Å². The first-order valence-electron chi connectivity index (χ1n) is 8.22. The molecule has 0 aromatic rings. The number of nitrogens with one attached hydrogen (secondary N) is 1. The van der Waals surface area contributed by atoms with Crippen molar-refractivity contribution in [1.29, 1.82) is 0 Å². The molecular weight excluding hydrogens is 248 g/mol. The highest BCUT2D eigenvalue weighted by molar-refractivity contribution is 5.80. The quantitative estimate of drug-likeness (QED) is 0.787. The van der Waals surface area contributed by atoms with Gasteiger partial charge in [-0.15, -0.1) is 0 Å². The standard InChI is InChI=1S/C12H22N2O.C3H8.C2H6/c1-9(2)14-11(12(13)15)8-10-6-4-3-5-7-10;1-3-2;1-2/h10-11,14H,1,3-8H2,2H3,(H2,13,15);3H2,1-2H3;1-2H3. The van der Waals surface area contributed by atoms with Crippen molar-refractivity contribution in [3.05, 3.63) is 12.3 Å². The number of rotatable bonds is 5. The molecule has 0 heterocycles. The lowest BCUT2D eigenvalue weighted by Gasteiger charge is -2.26. The molecular formula is C17H36N2O. The van der Waals surface area contributed by atoms with E-state index in [-0.39, 0.29) is 11.9 Å². The van der Waals surface area contributed by atoms with Crippen molar-refractivity contribution < 1.29 is 4.79 Å². The molecule has 1 amide bonds. The van der Waals surface area contributed by atoms with Gasteiger partial charge in [-0.05, 0) is 19.3 Å². The number of allylic oxidation sites excluding steroid dienone is 1. The lowest BCUT2D eigenvalue weighted by atomic mass is 9.84. The Bertz CT molecular complexity index is 245. The molecule has 3 heteroatoms. The normalized spacial score (nSPS) is 15.8. The Morgan fingerprint density at radius 1 is 1.25 bits per heavy atom. The van der Waals surface area contributed by atoms with Crippen LogP contribution in [-0.2, 0) is 4.79 Å². The molecule has 0 radical (unpaired) electrons. The number of hydrogen-bond donors (Lipinski definition) is 2. The summed E-state index contributed by atoms with van der Waals surface area (Å²) in [5, 5.41) is 3.06. The van der Waals surface area contributed by atoms with Crippen LogP contribution in [0.4, 0.5) is 0 Å². The third-order valence-corrected chi connectivity index (χ3v) is 3.06. The molecule has 0 aromatic carbocycles. The Balaban J connectivity index is 0. The summed E-state index contributed by atoms with van der Waals surface area (Å²) in [6.07, 6.45) is 8.52. The van der Waals surface area contributed by atoms with Crippen molar-refractivity contribution in [2.24, 2.45) is 11.7 Å². The zero-order valence-corrected chi connectivity index (χ0v) is 14.3. The largest absolute Gasteiger partial charge is 0.378 e. The van der Waals surface area contributed by atoms with Gasteiger partial charge >= 0.3 is 0 Å². The first-order valence-corrected chi connectivity index (χ1v) is 8.22. The summed E-state index contributed by atoms with van der Waals surface area (Å²) in [6, 6.07) is -0.231. The van der Waals surface area contributed by atoms with Crippen LogP contribution in [0.5, 0.6) is 0 Å². The van der Waals surface area contributed by atoms with Gasteiger partial charge in [-0.1, -0.05) is 72.8 Å². The summed E-state index contributed by atoms with van der Waals surface area (Å²) >= 11 is 0. The van der Waals surface area contributed by atoms with Crippen LogP contribution in [0.25, 0.3) is 0 Å². The lowest BCUT2D eigenvalue weighted by molar-refractivity contribution is -0.120. The van der Waals surface area contributed by atoms with E-state index in [4.69, 9.17) is 5.73 Å². The van der Waals surface area contributed by atoms with Gasteiger partial charge in [0.05, 0.1) is 0 Å². The summed E-state index contributed by atoms with van der Waals surface area (Å²) in [4.78, 5) is 11.2. The summed E-state index contributed by atoms with van der Waals surface area (Å²) in [6.45, 7) is 13.9. The van der Waals surface area contributed by atoms with E-state index in [0.29, 0.717) is 5.92 Å². The van der Waals surface area contributed by atoms with Gasteiger partial charge in [0.25, 0.3) is 0 Å². The van der Waals surface area contributed by atoms with E-state index in [9.17, 15) is 4.79 Å². The third-order valence-electron chi connectivity index (χ3n) is 3.06. The number of hydrogen-bond acceptors (Lipinski definition) is 2. The zero-order valence-electron chi connectivity index (χ0n) is 14.3. The second-order valence-corrected chi connectivity index (χ2v) is 5.33. The molecule has 0 aliphatic heterocycles. The molecule has 3 nitrogen and oxygen atoms in total. The fraction of sp³-hybridized carbons (Fsp3) is 0.824. The SMILES string of the molecule is C=C(C)NC(CC1CCCCC1)C(N)=O.CC.CCC. The van der Waals surface area contributed by atoms with Gasteiger partial charge in [0, 0.05) is 5.70 Å². The third kappa shape index (κ3) is 12.1. The van der Waals surface area contributed by atoms with Crippen molar-refractivity contribution in [3.8, 4) is 0 Å². The molecule has 120 valence electrons. The highest BCUT2D eigenvalue weighted by Gasteiger charge is 2.22. The van der Waals surface area contributed by atoms with Gasteiger partial charge in [-0.25, -0.2) is 0 Å². The van der Waals surface area contributed by atoms with Gasteiger partial charge in [0.2, 0.25) is 5.91 Å². The maximum Gasteiger partial charge on any atom is 0.239 e. The Morgan fingerprint density at radius 2 is 1.70 bits per heavy atom. The first kappa shape index (κ1) is 21.3. The summed E-state index contributed by atoms with van der Waals surface area (Å²) < 4.78 is 0. The van der Waals surface area contributed by atoms with Crippen LogP contribution < -0.4 is 11.1 Å². The highest BCUT2D eigenvalue weighted by Crippen LogP contribution is 2.27. The number of primary amides is 1. The molecule has 1 saturated carbocycles. The molecule has 0 aromatic heterocycles. The molecule has 1 aliphatic rings. The van der Waals surface area contributed by atoms with Gasteiger partial charge in [0.1, 0.15) is 6.04 Å². The van der Waals surface area contributed by atoms with Gasteiger partial charge < -0.3 is 11.1 Å². The lowest BCUT2D eigenvalue weighted by Crippen LogP contribution is -2.41. The van der Waals surface area contributed by atoms with E-state index in [1.807, 2.05) is 20.8 Å². The Morgan fingerprint density at radius 3 is 2.05 bits per heavy atom. The average molecular weight is 284 g/mol. The maximum atomic E-state index is 11.2. The van der Waals surface area contributed by atoms with E-state index in [0.717, 1.165) is 12.1 Å². The van der Waals surface area contributed by atoms with Crippen molar-refractivity contribution >= 4 is 5.91 Å². The van der Waals surface area contributed by atoms with E-state index in [2.05, 4.69) is 25.7 Å². The number of amides is 1. The summed E-state index contributed by atoms with van der Waals surface area (Å²) in [5.41, 5.74) is 6.17. The minimum atomic E-state index is -0.261. The molecule has 1 aliphatic carbocycles. The topological polar surface area (TPSA) is 55.1 Å². The molecule has 0 spiro atoms. The first-order chi connectivity index (χ1) is 9.51.